The maximum absolute atomic E-state index is 13.9. The molecule has 0 aromatic heterocycles. The van der Waals surface area contributed by atoms with Crippen LogP contribution in [-0.2, 0) is 11.2 Å². The molecule has 8 heteroatoms. The number of nitrogens with zero attached hydrogens (tertiary/aromatic N) is 1. The highest BCUT2D eigenvalue weighted by Gasteiger charge is 2.46. The number of quaternary nitrogens is 1. The third-order valence-corrected chi connectivity index (χ3v) is 7.72. The van der Waals surface area contributed by atoms with E-state index in [-0.39, 0.29) is 28.8 Å². The monoisotopic (exact) mass is 574 g/mol. The topological polar surface area (TPSA) is 38.3 Å². The predicted molar refractivity (Wildman–Crippen MR) is 131 cm³/mol. The molecule has 3 saturated heterocycles. The fraction of sp³-hybridized carbons (Fsp3) is 0.345. The molecule has 3 fully saturated rings. The van der Waals surface area contributed by atoms with Crippen molar-refractivity contribution in [1.29, 1.82) is 0 Å². The van der Waals surface area contributed by atoms with Crippen LogP contribution in [0.25, 0.3) is 0 Å². The van der Waals surface area contributed by atoms with Gasteiger partial charge >= 0.3 is 6.09 Å². The van der Waals surface area contributed by atoms with E-state index < -0.39 is 23.8 Å². The van der Waals surface area contributed by atoms with Crippen molar-refractivity contribution in [3.8, 4) is 0 Å². The van der Waals surface area contributed by atoms with Crippen molar-refractivity contribution in [3.63, 3.8) is 0 Å². The maximum Gasteiger partial charge on any atom is 0.408 e. The number of nitrogens with one attached hydrogen (secondary N) is 1. The zero-order valence-corrected chi connectivity index (χ0v) is 22.0. The second kappa shape index (κ2) is 11.7. The molecule has 6 rings (SSSR count). The number of halogens is 4. The van der Waals surface area contributed by atoms with Gasteiger partial charge in [-0.1, -0.05) is 36.4 Å². The van der Waals surface area contributed by atoms with Crippen molar-refractivity contribution in [3.05, 3.63) is 107 Å². The Kier molecular flexibility index (Phi) is 8.60. The van der Waals surface area contributed by atoms with Crippen LogP contribution < -0.4 is 22.3 Å². The normalized spacial score (nSPS) is 22.4. The van der Waals surface area contributed by atoms with E-state index in [1.807, 2.05) is 12.1 Å². The molecular formula is C29H30BrF3N2O2. The number of fused-ring (bicyclic) bond motifs is 3. The van der Waals surface area contributed by atoms with Crippen molar-refractivity contribution in [1.82, 2.24) is 5.32 Å². The van der Waals surface area contributed by atoms with Gasteiger partial charge in [0.05, 0.1) is 32.2 Å². The van der Waals surface area contributed by atoms with Crippen molar-refractivity contribution >= 4 is 6.09 Å². The van der Waals surface area contributed by atoms with Crippen LogP contribution in [-0.4, -0.2) is 42.8 Å². The molecule has 0 aliphatic carbocycles. The molecule has 3 heterocycles. The zero-order chi connectivity index (χ0) is 25.1. The van der Waals surface area contributed by atoms with Gasteiger partial charge in [0.1, 0.15) is 17.5 Å². The molecule has 3 aromatic carbocycles. The Morgan fingerprint density at radius 1 is 0.892 bits per heavy atom. The molecule has 4 nitrogen and oxygen atoms in total. The smallest absolute Gasteiger partial charge is 0.408 e. The summed E-state index contributed by atoms with van der Waals surface area (Å²) in [5, 5.41) is 3.07. The van der Waals surface area contributed by atoms with Gasteiger partial charge in [-0.3, -0.25) is 0 Å². The van der Waals surface area contributed by atoms with E-state index in [0.29, 0.717) is 17.0 Å². The Hall–Kier alpha value is -2.84. The highest BCUT2D eigenvalue weighted by Crippen LogP contribution is 2.35. The van der Waals surface area contributed by atoms with E-state index in [2.05, 4.69) is 5.32 Å². The first-order chi connectivity index (χ1) is 17.4. The standard InChI is InChI=1S/C29H29F3N2O2.BrH/c30-24-9-7-20(8-10-24)11-14-34-15-12-21(13-16-34)27(19-34)33-29(35)36-28(22-3-1-5-25(31)17-22)23-4-2-6-26(32)18-23;/h1-10,17-18,21,27-28H,11-16,19H2;1H. The second-order valence-corrected chi connectivity index (χ2v) is 10.1. The quantitative estimate of drug-likeness (QED) is 0.441. The molecule has 1 unspecified atom stereocenters. The van der Waals surface area contributed by atoms with Crippen molar-refractivity contribution in [2.75, 3.05) is 26.2 Å². The lowest BCUT2D eigenvalue weighted by Crippen LogP contribution is -3.00. The average molecular weight is 575 g/mol. The number of carbonyl (C=O) groups excluding carboxylic acids is 1. The summed E-state index contributed by atoms with van der Waals surface area (Å²) in [5.74, 6) is -0.766. The number of hydrogen-bond acceptors (Lipinski definition) is 2. The number of hydrogen-bond donors (Lipinski definition) is 1. The van der Waals surface area contributed by atoms with E-state index >= 15 is 0 Å². The number of ether oxygens (including phenoxy) is 1. The summed E-state index contributed by atoms with van der Waals surface area (Å²) in [4.78, 5) is 13.1. The van der Waals surface area contributed by atoms with Gasteiger partial charge in [-0.25, -0.2) is 18.0 Å². The second-order valence-electron chi connectivity index (χ2n) is 10.1. The number of alkyl carbamates (subject to hydrolysis) is 1. The Balaban J connectivity index is 0.00000320. The first-order valence-corrected chi connectivity index (χ1v) is 12.5. The van der Waals surface area contributed by atoms with Gasteiger partial charge in [0.25, 0.3) is 0 Å². The molecule has 3 aliphatic heterocycles. The molecule has 1 amide bonds. The lowest BCUT2D eigenvalue weighted by molar-refractivity contribution is -0.943. The van der Waals surface area contributed by atoms with Crippen molar-refractivity contribution in [2.45, 2.75) is 31.4 Å². The molecule has 0 radical (unpaired) electrons. The molecule has 1 atom stereocenters. The minimum atomic E-state index is -0.931. The van der Waals surface area contributed by atoms with Gasteiger partial charge in [-0.2, -0.15) is 0 Å². The Bertz CT molecular complexity index is 1170. The summed E-state index contributed by atoms with van der Waals surface area (Å²) < 4.78 is 47.8. The van der Waals surface area contributed by atoms with E-state index in [4.69, 9.17) is 4.74 Å². The number of rotatable bonds is 7. The summed E-state index contributed by atoms with van der Waals surface area (Å²) in [6, 6.07) is 18.2. The zero-order valence-electron chi connectivity index (χ0n) is 20.4. The van der Waals surface area contributed by atoms with Crippen LogP contribution in [0.3, 0.4) is 0 Å². The SMILES string of the molecule is O=C(NC1C[N+]2(CCc3ccc(F)cc3)CCC1CC2)OC(c1cccc(F)c1)c1cccc(F)c1.[Br-]. The fourth-order valence-electron chi connectivity index (χ4n) is 5.74. The van der Waals surface area contributed by atoms with Gasteiger partial charge in [-0.15, -0.1) is 0 Å². The van der Waals surface area contributed by atoms with E-state index in [1.165, 1.54) is 36.4 Å². The third-order valence-electron chi connectivity index (χ3n) is 7.72. The molecule has 0 saturated carbocycles. The minimum absolute atomic E-state index is 0. The van der Waals surface area contributed by atoms with Gasteiger partial charge in [0.15, 0.2) is 6.10 Å². The minimum Gasteiger partial charge on any atom is -1.00 e. The summed E-state index contributed by atoms with van der Waals surface area (Å²) in [6.07, 6.45) is 1.36. The van der Waals surface area contributed by atoms with Crippen LogP contribution in [0, 0.1) is 23.4 Å². The van der Waals surface area contributed by atoms with Gasteiger partial charge in [0.2, 0.25) is 0 Å². The summed E-state index contributed by atoms with van der Waals surface area (Å²) >= 11 is 0. The van der Waals surface area contributed by atoms with Gasteiger partial charge in [-0.05, 0) is 59.0 Å². The molecule has 3 aliphatic rings. The van der Waals surface area contributed by atoms with E-state index in [1.54, 1.807) is 24.3 Å². The average Bonchev–Trinajstić information content (AvgIpc) is 2.88. The Labute approximate surface area is 225 Å². The molecule has 37 heavy (non-hydrogen) atoms. The molecular weight excluding hydrogens is 545 g/mol. The van der Waals surface area contributed by atoms with Crippen LogP contribution >= 0.6 is 0 Å². The van der Waals surface area contributed by atoms with Crippen molar-refractivity contribution < 1.29 is 44.2 Å². The molecule has 1 N–H and O–H groups in total. The number of amides is 1. The number of carbonyl (C=O) groups is 1. The van der Waals surface area contributed by atoms with Crippen LogP contribution in [0.4, 0.5) is 18.0 Å². The molecule has 196 valence electrons. The lowest BCUT2D eigenvalue weighted by Gasteiger charge is -2.52. The first kappa shape index (κ1) is 27.2. The third kappa shape index (κ3) is 6.54. The van der Waals surface area contributed by atoms with E-state index in [0.717, 1.165) is 55.5 Å². The summed E-state index contributed by atoms with van der Waals surface area (Å²) in [6.45, 7) is 3.87. The van der Waals surface area contributed by atoms with Crippen LogP contribution in [0.15, 0.2) is 72.8 Å². The fourth-order valence-corrected chi connectivity index (χ4v) is 5.74. The van der Waals surface area contributed by atoms with Crippen LogP contribution in [0.2, 0.25) is 0 Å². The molecule has 0 spiro atoms. The van der Waals surface area contributed by atoms with Crippen molar-refractivity contribution in [2.24, 2.45) is 5.92 Å². The lowest BCUT2D eigenvalue weighted by atomic mass is 9.81. The van der Waals surface area contributed by atoms with E-state index in [9.17, 15) is 18.0 Å². The number of piperidine rings is 3. The predicted octanol–water partition coefficient (Wildman–Crippen LogP) is 2.78. The summed E-state index contributed by atoms with van der Waals surface area (Å²) in [7, 11) is 0. The molecule has 2 bridgehead atoms. The van der Waals surface area contributed by atoms with Crippen LogP contribution in [0.5, 0.6) is 0 Å². The molecule has 3 aromatic rings. The maximum atomic E-state index is 13.9. The Morgan fingerprint density at radius 2 is 1.49 bits per heavy atom. The summed E-state index contributed by atoms with van der Waals surface area (Å²) in [5.41, 5.74) is 1.98. The number of benzene rings is 3. The highest BCUT2D eigenvalue weighted by atomic mass is 79.9. The van der Waals surface area contributed by atoms with Gasteiger partial charge in [0, 0.05) is 19.3 Å². The first-order valence-electron chi connectivity index (χ1n) is 12.5. The van der Waals surface area contributed by atoms with Gasteiger partial charge < -0.3 is 31.5 Å². The Morgan fingerprint density at radius 3 is 2.05 bits per heavy atom. The highest BCUT2D eigenvalue weighted by molar-refractivity contribution is 5.68. The van der Waals surface area contributed by atoms with Crippen LogP contribution in [0.1, 0.15) is 35.6 Å². The largest absolute Gasteiger partial charge is 1.00 e.